The fourth-order valence-electron chi connectivity index (χ4n) is 2.47. The van der Waals surface area contributed by atoms with Crippen LogP contribution in [0, 0.1) is 5.92 Å². The number of nitrogens with one attached hydrogen (secondary N) is 1. The average Bonchev–Trinajstić information content (AvgIpc) is 2.41. The van der Waals surface area contributed by atoms with Gasteiger partial charge in [-0.3, -0.25) is 4.79 Å². The van der Waals surface area contributed by atoms with E-state index in [1.807, 2.05) is 0 Å². The highest BCUT2D eigenvalue weighted by Gasteiger charge is 2.26. The van der Waals surface area contributed by atoms with Gasteiger partial charge in [-0.25, -0.2) is 8.78 Å². The van der Waals surface area contributed by atoms with Crippen molar-refractivity contribution in [1.29, 1.82) is 0 Å². The summed E-state index contributed by atoms with van der Waals surface area (Å²) in [5.41, 5.74) is 5.70. The number of alkyl halides is 2. The standard InChI is InChI=1S/C13H22F2N2O2S/c14-10(15)8-19-7-6-11(18)17-12(13(16)20)9-4-2-1-3-5-9/h9-10,12H,1-8H2,(H2,16,20)(H,17,18). The minimum absolute atomic E-state index is 0.0229. The van der Waals surface area contributed by atoms with Crippen molar-refractivity contribution in [2.75, 3.05) is 13.2 Å². The van der Waals surface area contributed by atoms with Gasteiger partial charge >= 0.3 is 0 Å². The molecule has 1 amide bonds. The normalized spacial score (nSPS) is 17.9. The Labute approximate surface area is 123 Å². The largest absolute Gasteiger partial charge is 0.392 e. The van der Waals surface area contributed by atoms with E-state index in [2.05, 4.69) is 10.1 Å². The first-order valence-corrected chi connectivity index (χ1v) is 7.36. The maximum Gasteiger partial charge on any atom is 0.261 e. The lowest BCUT2D eigenvalue weighted by Gasteiger charge is -2.30. The predicted molar refractivity (Wildman–Crippen MR) is 76.7 cm³/mol. The van der Waals surface area contributed by atoms with Crippen LogP contribution in [0.5, 0.6) is 0 Å². The summed E-state index contributed by atoms with van der Waals surface area (Å²) in [6.45, 7) is -0.667. The highest BCUT2D eigenvalue weighted by atomic mass is 32.1. The summed E-state index contributed by atoms with van der Waals surface area (Å²) in [7, 11) is 0. The molecule has 0 heterocycles. The molecular formula is C13H22F2N2O2S. The second kappa shape index (κ2) is 9.18. The number of hydrogen-bond donors (Lipinski definition) is 2. The van der Waals surface area contributed by atoms with E-state index < -0.39 is 13.0 Å². The fourth-order valence-corrected chi connectivity index (χ4v) is 2.72. The molecule has 3 N–H and O–H groups in total. The Hall–Kier alpha value is -0.820. The molecule has 1 saturated carbocycles. The Kier molecular flexibility index (Phi) is 7.91. The molecule has 20 heavy (non-hydrogen) atoms. The van der Waals surface area contributed by atoms with Crippen LogP contribution in [0.3, 0.4) is 0 Å². The van der Waals surface area contributed by atoms with Crippen LogP contribution in [0.1, 0.15) is 38.5 Å². The number of hydrogen-bond acceptors (Lipinski definition) is 3. The molecule has 1 atom stereocenters. The van der Waals surface area contributed by atoms with Gasteiger partial charge in [0.05, 0.1) is 17.6 Å². The highest BCUT2D eigenvalue weighted by Crippen LogP contribution is 2.26. The zero-order valence-electron chi connectivity index (χ0n) is 11.4. The van der Waals surface area contributed by atoms with Gasteiger partial charge in [0.2, 0.25) is 5.91 Å². The van der Waals surface area contributed by atoms with Crippen molar-refractivity contribution >= 4 is 23.1 Å². The summed E-state index contributed by atoms with van der Waals surface area (Å²) in [6, 6.07) is -0.298. The molecule has 0 aromatic heterocycles. The Balaban J connectivity index is 2.33. The molecule has 0 spiro atoms. The molecule has 116 valence electrons. The van der Waals surface area contributed by atoms with E-state index in [4.69, 9.17) is 18.0 Å². The first-order valence-electron chi connectivity index (χ1n) is 6.95. The number of thiocarbonyl (C=S) groups is 1. The Morgan fingerprint density at radius 1 is 1.35 bits per heavy atom. The van der Waals surface area contributed by atoms with Gasteiger partial charge in [-0.05, 0) is 18.8 Å². The summed E-state index contributed by atoms with van der Waals surface area (Å²) in [4.78, 5) is 12.0. The van der Waals surface area contributed by atoms with Crippen molar-refractivity contribution in [1.82, 2.24) is 5.32 Å². The molecule has 1 unspecified atom stereocenters. The molecule has 0 aromatic carbocycles. The Morgan fingerprint density at radius 2 is 2.00 bits per heavy atom. The van der Waals surface area contributed by atoms with E-state index >= 15 is 0 Å². The van der Waals surface area contributed by atoms with E-state index in [0.717, 1.165) is 25.7 Å². The number of ether oxygens (including phenoxy) is 1. The molecule has 7 heteroatoms. The van der Waals surface area contributed by atoms with Gasteiger partial charge < -0.3 is 15.8 Å². The molecule has 1 rings (SSSR count). The molecule has 1 aliphatic rings. The van der Waals surface area contributed by atoms with E-state index in [0.29, 0.717) is 4.99 Å². The van der Waals surface area contributed by atoms with Crippen molar-refractivity contribution in [3.05, 3.63) is 0 Å². The summed E-state index contributed by atoms with van der Waals surface area (Å²) in [5, 5.41) is 2.80. The number of carbonyl (C=O) groups excluding carboxylic acids is 1. The second-order valence-corrected chi connectivity index (χ2v) is 5.53. The minimum Gasteiger partial charge on any atom is -0.392 e. The van der Waals surface area contributed by atoms with Crippen molar-refractivity contribution in [2.24, 2.45) is 11.7 Å². The molecule has 0 saturated heterocycles. The van der Waals surface area contributed by atoms with Crippen LogP contribution in [0.15, 0.2) is 0 Å². The summed E-state index contributed by atoms with van der Waals surface area (Å²) in [5.74, 6) is 0.0230. The van der Waals surface area contributed by atoms with Gasteiger partial charge in [0, 0.05) is 6.42 Å². The summed E-state index contributed by atoms with van der Waals surface area (Å²) < 4.78 is 28.4. The van der Waals surface area contributed by atoms with Gasteiger partial charge in [0.1, 0.15) is 6.61 Å². The van der Waals surface area contributed by atoms with Crippen molar-refractivity contribution in [3.8, 4) is 0 Å². The molecule has 1 aliphatic carbocycles. The minimum atomic E-state index is -2.51. The van der Waals surface area contributed by atoms with E-state index in [1.54, 1.807) is 0 Å². The van der Waals surface area contributed by atoms with Gasteiger partial charge in [0.15, 0.2) is 0 Å². The first kappa shape index (κ1) is 17.2. The maximum absolute atomic E-state index is 11.9. The molecule has 0 aromatic rings. The quantitative estimate of drug-likeness (QED) is 0.532. The third kappa shape index (κ3) is 6.56. The van der Waals surface area contributed by atoms with Crippen LogP contribution in [0.25, 0.3) is 0 Å². The van der Waals surface area contributed by atoms with Crippen LogP contribution < -0.4 is 11.1 Å². The van der Waals surface area contributed by atoms with Gasteiger partial charge in [0.25, 0.3) is 6.43 Å². The van der Waals surface area contributed by atoms with Crippen LogP contribution in [-0.2, 0) is 9.53 Å². The van der Waals surface area contributed by atoms with E-state index in [1.165, 1.54) is 6.42 Å². The first-order chi connectivity index (χ1) is 9.50. The number of rotatable bonds is 8. The topological polar surface area (TPSA) is 64.3 Å². The highest BCUT2D eigenvalue weighted by molar-refractivity contribution is 7.80. The Bertz CT molecular complexity index is 323. The second-order valence-electron chi connectivity index (χ2n) is 5.06. The number of nitrogens with two attached hydrogens (primary N) is 1. The third-order valence-corrected chi connectivity index (χ3v) is 3.72. The van der Waals surface area contributed by atoms with Crippen molar-refractivity contribution in [2.45, 2.75) is 51.0 Å². The van der Waals surface area contributed by atoms with E-state index in [-0.39, 0.29) is 30.9 Å². The number of carbonyl (C=O) groups is 1. The third-order valence-electron chi connectivity index (χ3n) is 3.46. The number of halogens is 2. The molecule has 0 aliphatic heterocycles. The summed E-state index contributed by atoms with van der Waals surface area (Å²) >= 11 is 5.02. The average molecular weight is 308 g/mol. The van der Waals surface area contributed by atoms with Crippen LogP contribution >= 0.6 is 12.2 Å². The lowest BCUT2D eigenvalue weighted by Crippen LogP contribution is -2.49. The summed E-state index contributed by atoms with van der Waals surface area (Å²) in [6.07, 6.45) is 2.99. The van der Waals surface area contributed by atoms with E-state index in [9.17, 15) is 13.6 Å². The zero-order chi connectivity index (χ0) is 15.0. The molecule has 4 nitrogen and oxygen atoms in total. The lowest BCUT2D eigenvalue weighted by atomic mass is 9.84. The SMILES string of the molecule is NC(=S)C(NC(=O)CCOCC(F)F)C1CCCCC1. The van der Waals surface area contributed by atoms with Crippen LogP contribution in [0.4, 0.5) is 8.78 Å². The molecule has 0 radical (unpaired) electrons. The molecule has 0 bridgehead atoms. The van der Waals surface area contributed by atoms with Gasteiger partial charge in [-0.15, -0.1) is 0 Å². The zero-order valence-corrected chi connectivity index (χ0v) is 12.3. The van der Waals surface area contributed by atoms with Crippen molar-refractivity contribution < 1.29 is 18.3 Å². The smallest absolute Gasteiger partial charge is 0.261 e. The predicted octanol–water partition coefficient (Wildman–Crippen LogP) is 2.01. The Morgan fingerprint density at radius 3 is 2.55 bits per heavy atom. The van der Waals surface area contributed by atoms with Gasteiger partial charge in [-0.1, -0.05) is 31.5 Å². The van der Waals surface area contributed by atoms with Gasteiger partial charge in [-0.2, -0.15) is 0 Å². The maximum atomic E-state index is 11.9. The molecular weight excluding hydrogens is 286 g/mol. The fraction of sp³-hybridized carbons (Fsp3) is 0.846. The lowest BCUT2D eigenvalue weighted by molar-refractivity contribution is -0.123. The van der Waals surface area contributed by atoms with Crippen LogP contribution in [0.2, 0.25) is 0 Å². The molecule has 1 fully saturated rings. The monoisotopic (exact) mass is 308 g/mol. The van der Waals surface area contributed by atoms with Crippen LogP contribution in [-0.4, -0.2) is 36.6 Å². The van der Waals surface area contributed by atoms with Crippen molar-refractivity contribution in [3.63, 3.8) is 0 Å². The number of amides is 1.